The van der Waals surface area contributed by atoms with Crippen LogP contribution >= 0.6 is 11.8 Å². The van der Waals surface area contributed by atoms with Crippen molar-refractivity contribution in [1.29, 1.82) is 0 Å². The van der Waals surface area contributed by atoms with E-state index in [0.717, 1.165) is 36.0 Å². The lowest BCUT2D eigenvalue weighted by molar-refractivity contribution is -0.118. The number of carbonyl (C=O) groups is 1. The van der Waals surface area contributed by atoms with Crippen molar-refractivity contribution in [3.8, 4) is 0 Å². The highest BCUT2D eigenvalue weighted by Crippen LogP contribution is 2.40. The summed E-state index contributed by atoms with van der Waals surface area (Å²) in [5.74, 6) is 2.15. The van der Waals surface area contributed by atoms with E-state index in [4.69, 9.17) is 5.73 Å². The third kappa shape index (κ3) is 3.85. The van der Waals surface area contributed by atoms with Crippen LogP contribution in [0.1, 0.15) is 36.6 Å². The minimum atomic E-state index is -0.289. The molecular formula is C15H19N5OS. The molecule has 2 aromatic heterocycles. The first-order valence-electron chi connectivity index (χ1n) is 7.47. The summed E-state index contributed by atoms with van der Waals surface area (Å²) < 4.78 is 2.07. The van der Waals surface area contributed by atoms with Crippen LogP contribution < -0.4 is 5.73 Å². The highest BCUT2D eigenvalue weighted by Gasteiger charge is 2.30. The third-order valence-electron chi connectivity index (χ3n) is 3.64. The van der Waals surface area contributed by atoms with Crippen LogP contribution in [0.2, 0.25) is 0 Å². The molecule has 0 atom stereocenters. The number of thioether (sulfide) groups is 1. The number of amides is 1. The first-order chi connectivity index (χ1) is 10.7. The van der Waals surface area contributed by atoms with E-state index in [0.29, 0.717) is 18.9 Å². The molecule has 0 radical (unpaired) electrons. The Morgan fingerprint density at radius 2 is 2.09 bits per heavy atom. The Bertz CT molecular complexity index is 639. The molecule has 3 rings (SSSR count). The number of carbonyl (C=O) groups excluding carboxylic acids is 1. The molecule has 116 valence electrons. The van der Waals surface area contributed by atoms with E-state index < -0.39 is 0 Å². The number of rotatable bonds is 8. The Kier molecular flexibility index (Phi) is 4.72. The van der Waals surface area contributed by atoms with Gasteiger partial charge in [0.25, 0.3) is 0 Å². The van der Waals surface area contributed by atoms with E-state index in [1.807, 2.05) is 12.1 Å². The largest absolute Gasteiger partial charge is 0.370 e. The molecule has 1 aliphatic carbocycles. The SMILES string of the molecule is NC(=O)CCn1c(SCCc2ccncc2)nnc1C1CC1. The molecular weight excluding hydrogens is 298 g/mol. The average molecular weight is 317 g/mol. The fourth-order valence-electron chi connectivity index (χ4n) is 2.29. The summed E-state index contributed by atoms with van der Waals surface area (Å²) in [5, 5.41) is 9.50. The number of aryl methyl sites for hydroxylation is 1. The van der Waals surface area contributed by atoms with E-state index in [1.165, 1.54) is 5.56 Å². The number of pyridine rings is 1. The van der Waals surface area contributed by atoms with E-state index in [-0.39, 0.29) is 5.91 Å². The van der Waals surface area contributed by atoms with Crippen molar-refractivity contribution in [3.63, 3.8) is 0 Å². The highest BCUT2D eigenvalue weighted by atomic mass is 32.2. The predicted molar refractivity (Wildman–Crippen MR) is 84.5 cm³/mol. The van der Waals surface area contributed by atoms with Gasteiger partial charge in [0.05, 0.1) is 0 Å². The van der Waals surface area contributed by atoms with Gasteiger partial charge in [0.1, 0.15) is 5.82 Å². The molecule has 1 saturated carbocycles. The van der Waals surface area contributed by atoms with Gasteiger partial charge in [-0.05, 0) is 37.0 Å². The second-order valence-corrected chi connectivity index (χ2v) is 6.50. The average Bonchev–Trinajstić information content (AvgIpc) is 3.28. The number of aromatic nitrogens is 4. The van der Waals surface area contributed by atoms with Gasteiger partial charge in [0.2, 0.25) is 5.91 Å². The number of hydrogen-bond donors (Lipinski definition) is 1. The topological polar surface area (TPSA) is 86.7 Å². The van der Waals surface area contributed by atoms with Crippen LogP contribution in [-0.4, -0.2) is 31.4 Å². The lowest BCUT2D eigenvalue weighted by Crippen LogP contribution is -2.15. The van der Waals surface area contributed by atoms with Crippen molar-refractivity contribution in [1.82, 2.24) is 19.7 Å². The Hall–Kier alpha value is -1.89. The van der Waals surface area contributed by atoms with Crippen LogP contribution in [0.4, 0.5) is 0 Å². The van der Waals surface area contributed by atoms with Gasteiger partial charge >= 0.3 is 0 Å². The van der Waals surface area contributed by atoms with Crippen molar-refractivity contribution in [2.75, 3.05) is 5.75 Å². The van der Waals surface area contributed by atoms with E-state index in [2.05, 4.69) is 19.7 Å². The zero-order chi connectivity index (χ0) is 15.4. The maximum Gasteiger partial charge on any atom is 0.219 e. The molecule has 0 saturated heterocycles. The highest BCUT2D eigenvalue weighted by molar-refractivity contribution is 7.99. The molecule has 0 bridgehead atoms. The van der Waals surface area contributed by atoms with Crippen molar-refractivity contribution in [3.05, 3.63) is 35.9 Å². The zero-order valence-electron chi connectivity index (χ0n) is 12.3. The standard InChI is InChI=1S/C15H19N5OS/c16-13(21)5-9-20-14(12-1-2-12)18-19-15(20)22-10-6-11-3-7-17-8-4-11/h3-4,7-8,12H,1-2,5-6,9-10H2,(H2,16,21). The molecule has 6 nitrogen and oxygen atoms in total. The molecule has 22 heavy (non-hydrogen) atoms. The van der Waals surface area contributed by atoms with Crippen molar-refractivity contribution < 1.29 is 4.79 Å². The Morgan fingerprint density at radius 3 is 2.77 bits per heavy atom. The lowest BCUT2D eigenvalue weighted by Gasteiger charge is -2.08. The smallest absolute Gasteiger partial charge is 0.219 e. The van der Waals surface area contributed by atoms with Gasteiger partial charge in [-0.2, -0.15) is 0 Å². The summed E-state index contributed by atoms with van der Waals surface area (Å²) in [6.07, 6.45) is 7.22. The first-order valence-corrected chi connectivity index (χ1v) is 8.45. The van der Waals surface area contributed by atoms with Gasteiger partial charge in [-0.1, -0.05) is 11.8 Å². The minimum Gasteiger partial charge on any atom is -0.370 e. The molecule has 0 unspecified atom stereocenters. The molecule has 1 fully saturated rings. The van der Waals surface area contributed by atoms with Crippen LogP contribution in [0, 0.1) is 0 Å². The van der Waals surface area contributed by atoms with E-state index in [1.54, 1.807) is 24.2 Å². The fourth-order valence-corrected chi connectivity index (χ4v) is 3.25. The van der Waals surface area contributed by atoms with Crippen molar-refractivity contribution >= 4 is 17.7 Å². The third-order valence-corrected chi connectivity index (χ3v) is 4.61. The van der Waals surface area contributed by atoms with E-state index in [9.17, 15) is 4.79 Å². The monoisotopic (exact) mass is 317 g/mol. The van der Waals surface area contributed by atoms with Crippen LogP contribution in [0.3, 0.4) is 0 Å². The van der Waals surface area contributed by atoms with Crippen molar-refractivity contribution in [2.45, 2.75) is 43.3 Å². The van der Waals surface area contributed by atoms with Gasteiger partial charge in [-0.3, -0.25) is 9.78 Å². The summed E-state index contributed by atoms with van der Waals surface area (Å²) in [7, 11) is 0. The summed E-state index contributed by atoms with van der Waals surface area (Å²) >= 11 is 1.68. The van der Waals surface area contributed by atoms with Crippen LogP contribution in [0.15, 0.2) is 29.7 Å². The second-order valence-electron chi connectivity index (χ2n) is 5.44. The molecule has 0 aliphatic heterocycles. The Morgan fingerprint density at radius 1 is 1.32 bits per heavy atom. The van der Waals surface area contributed by atoms with Gasteiger partial charge in [0, 0.05) is 37.0 Å². The second kappa shape index (κ2) is 6.91. The van der Waals surface area contributed by atoms with Gasteiger partial charge in [-0.15, -0.1) is 10.2 Å². The van der Waals surface area contributed by atoms with Gasteiger partial charge < -0.3 is 10.3 Å². The number of hydrogen-bond acceptors (Lipinski definition) is 5. The van der Waals surface area contributed by atoms with Crippen LogP contribution in [0.25, 0.3) is 0 Å². The minimum absolute atomic E-state index is 0.289. The normalized spacial score (nSPS) is 14.2. The molecule has 1 aliphatic rings. The quantitative estimate of drug-likeness (QED) is 0.750. The fraction of sp³-hybridized carbons (Fsp3) is 0.467. The molecule has 2 N–H and O–H groups in total. The zero-order valence-corrected chi connectivity index (χ0v) is 13.1. The molecule has 2 heterocycles. The molecule has 0 aromatic carbocycles. The van der Waals surface area contributed by atoms with Crippen LogP contribution in [-0.2, 0) is 17.8 Å². The number of primary amides is 1. The summed E-state index contributed by atoms with van der Waals surface area (Å²) in [6.45, 7) is 0.575. The maximum atomic E-state index is 11.1. The molecule has 0 spiro atoms. The Balaban J connectivity index is 1.63. The lowest BCUT2D eigenvalue weighted by atomic mass is 10.2. The maximum absolute atomic E-state index is 11.1. The van der Waals surface area contributed by atoms with Gasteiger partial charge in [0.15, 0.2) is 5.16 Å². The Labute approximate surface area is 133 Å². The van der Waals surface area contributed by atoms with Crippen molar-refractivity contribution in [2.24, 2.45) is 5.73 Å². The van der Waals surface area contributed by atoms with Crippen LogP contribution in [0.5, 0.6) is 0 Å². The number of nitrogens with two attached hydrogens (primary N) is 1. The van der Waals surface area contributed by atoms with E-state index >= 15 is 0 Å². The predicted octanol–water partition coefficient (Wildman–Crippen LogP) is 1.76. The first kappa shape index (κ1) is 15.0. The number of nitrogens with zero attached hydrogens (tertiary/aromatic N) is 4. The molecule has 2 aromatic rings. The summed E-state index contributed by atoms with van der Waals surface area (Å²) in [5.41, 5.74) is 6.53. The summed E-state index contributed by atoms with van der Waals surface area (Å²) in [6, 6.07) is 4.04. The molecule has 1 amide bonds. The van der Waals surface area contributed by atoms with Gasteiger partial charge in [-0.25, -0.2) is 0 Å². The summed E-state index contributed by atoms with van der Waals surface area (Å²) in [4.78, 5) is 15.1. The molecule has 7 heteroatoms.